The predicted octanol–water partition coefficient (Wildman–Crippen LogP) is 5.51. The summed E-state index contributed by atoms with van der Waals surface area (Å²) in [5, 5.41) is 0. The van der Waals surface area contributed by atoms with Crippen molar-refractivity contribution in [2.45, 2.75) is 65.7 Å². The molecular formula is C16H24F2. The Kier molecular flexibility index (Phi) is 4.19. The summed E-state index contributed by atoms with van der Waals surface area (Å²) in [4.78, 5) is 0. The van der Waals surface area contributed by atoms with Crippen LogP contribution in [0.1, 0.15) is 77.0 Å². The standard InChI is InChI=1S/C16H24F2/c1-9(2)11-8-12(17)15(18)13(10(3)4)14(11)16(5,6)7/h8-10H,1-7H3. The molecule has 0 bridgehead atoms. The third kappa shape index (κ3) is 2.73. The minimum absolute atomic E-state index is 0.0209. The molecule has 102 valence electrons. The lowest BCUT2D eigenvalue weighted by Gasteiger charge is -2.30. The van der Waals surface area contributed by atoms with E-state index in [1.165, 1.54) is 6.07 Å². The third-order valence-electron chi connectivity index (χ3n) is 3.24. The molecule has 0 N–H and O–H groups in total. The first-order valence-electron chi connectivity index (χ1n) is 6.59. The van der Waals surface area contributed by atoms with Crippen LogP contribution in [0.15, 0.2) is 6.07 Å². The molecule has 0 nitrogen and oxygen atoms in total. The number of halogens is 2. The molecule has 0 saturated carbocycles. The van der Waals surface area contributed by atoms with E-state index in [9.17, 15) is 8.78 Å². The summed E-state index contributed by atoms with van der Waals surface area (Å²) in [5.74, 6) is -1.24. The smallest absolute Gasteiger partial charge is 0.162 e. The normalized spacial score (nSPS) is 12.6. The molecule has 0 aliphatic heterocycles. The highest BCUT2D eigenvalue weighted by atomic mass is 19.2. The zero-order valence-electron chi connectivity index (χ0n) is 12.5. The van der Waals surface area contributed by atoms with E-state index in [1.54, 1.807) is 0 Å². The van der Waals surface area contributed by atoms with Crippen molar-refractivity contribution in [1.29, 1.82) is 0 Å². The number of benzene rings is 1. The van der Waals surface area contributed by atoms with Gasteiger partial charge in [-0.25, -0.2) is 8.78 Å². The second kappa shape index (κ2) is 4.99. The van der Waals surface area contributed by atoms with Crippen molar-refractivity contribution in [1.82, 2.24) is 0 Å². The van der Waals surface area contributed by atoms with Crippen LogP contribution >= 0.6 is 0 Å². The maximum Gasteiger partial charge on any atom is 0.162 e. The maximum absolute atomic E-state index is 14.1. The second-order valence-corrected chi connectivity index (χ2v) is 6.61. The fraction of sp³-hybridized carbons (Fsp3) is 0.625. The van der Waals surface area contributed by atoms with E-state index in [2.05, 4.69) is 20.8 Å². The zero-order chi connectivity index (χ0) is 14.2. The van der Waals surface area contributed by atoms with Crippen molar-refractivity contribution in [2.24, 2.45) is 0 Å². The molecule has 1 rings (SSSR count). The molecule has 0 fully saturated rings. The van der Waals surface area contributed by atoms with Gasteiger partial charge in [0.25, 0.3) is 0 Å². The summed E-state index contributed by atoms with van der Waals surface area (Å²) in [7, 11) is 0. The Morgan fingerprint density at radius 2 is 1.44 bits per heavy atom. The Morgan fingerprint density at radius 3 is 1.78 bits per heavy atom. The summed E-state index contributed by atoms with van der Waals surface area (Å²) >= 11 is 0. The van der Waals surface area contributed by atoms with E-state index < -0.39 is 11.6 Å². The fourth-order valence-electron chi connectivity index (χ4n) is 2.50. The first kappa shape index (κ1) is 15.1. The van der Waals surface area contributed by atoms with E-state index in [-0.39, 0.29) is 17.3 Å². The lowest BCUT2D eigenvalue weighted by molar-refractivity contribution is 0.473. The van der Waals surface area contributed by atoms with Gasteiger partial charge >= 0.3 is 0 Å². The second-order valence-electron chi connectivity index (χ2n) is 6.61. The van der Waals surface area contributed by atoms with Crippen LogP contribution in [0.3, 0.4) is 0 Å². The summed E-state index contributed by atoms with van der Waals surface area (Å²) in [6.07, 6.45) is 0. The van der Waals surface area contributed by atoms with Crippen LogP contribution in [-0.4, -0.2) is 0 Å². The van der Waals surface area contributed by atoms with Crippen molar-refractivity contribution >= 4 is 0 Å². The molecule has 1 aromatic rings. The van der Waals surface area contributed by atoms with Crippen LogP contribution in [0.25, 0.3) is 0 Å². The number of hydrogen-bond donors (Lipinski definition) is 0. The van der Waals surface area contributed by atoms with Crippen molar-refractivity contribution in [3.05, 3.63) is 34.4 Å². The van der Waals surface area contributed by atoms with Crippen LogP contribution in [0, 0.1) is 11.6 Å². The Morgan fingerprint density at radius 1 is 0.944 bits per heavy atom. The maximum atomic E-state index is 14.1. The van der Waals surface area contributed by atoms with Crippen molar-refractivity contribution in [3.63, 3.8) is 0 Å². The van der Waals surface area contributed by atoms with Gasteiger partial charge in [0.1, 0.15) is 0 Å². The monoisotopic (exact) mass is 254 g/mol. The van der Waals surface area contributed by atoms with E-state index in [4.69, 9.17) is 0 Å². The van der Waals surface area contributed by atoms with Crippen LogP contribution < -0.4 is 0 Å². The van der Waals surface area contributed by atoms with E-state index in [0.717, 1.165) is 11.1 Å². The molecule has 0 aliphatic rings. The van der Waals surface area contributed by atoms with Gasteiger partial charge in [-0.1, -0.05) is 48.5 Å². The molecule has 0 spiro atoms. The minimum atomic E-state index is -0.726. The number of hydrogen-bond acceptors (Lipinski definition) is 0. The van der Waals surface area contributed by atoms with Crippen LogP contribution in [-0.2, 0) is 5.41 Å². The van der Waals surface area contributed by atoms with Gasteiger partial charge in [0, 0.05) is 0 Å². The minimum Gasteiger partial charge on any atom is -0.204 e. The topological polar surface area (TPSA) is 0 Å². The van der Waals surface area contributed by atoms with Gasteiger partial charge < -0.3 is 0 Å². The molecule has 0 aliphatic carbocycles. The molecule has 18 heavy (non-hydrogen) atoms. The lowest BCUT2D eigenvalue weighted by Crippen LogP contribution is -2.21. The summed E-state index contributed by atoms with van der Waals surface area (Å²) in [6.45, 7) is 14.0. The number of rotatable bonds is 2. The van der Waals surface area contributed by atoms with E-state index in [0.29, 0.717) is 5.56 Å². The van der Waals surface area contributed by atoms with Crippen molar-refractivity contribution in [3.8, 4) is 0 Å². The highest BCUT2D eigenvalue weighted by Gasteiger charge is 2.28. The largest absolute Gasteiger partial charge is 0.204 e. The molecule has 0 heterocycles. The molecule has 0 amide bonds. The van der Waals surface area contributed by atoms with Gasteiger partial charge in [-0.05, 0) is 40.0 Å². The van der Waals surface area contributed by atoms with Crippen molar-refractivity contribution in [2.75, 3.05) is 0 Å². The Hall–Kier alpha value is -0.920. The summed E-state index contributed by atoms with van der Waals surface area (Å²) < 4.78 is 27.9. The Labute approximate surface area is 109 Å². The highest BCUT2D eigenvalue weighted by Crippen LogP contribution is 2.38. The van der Waals surface area contributed by atoms with Gasteiger partial charge in [0.05, 0.1) is 0 Å². The van der Waals surface area contributed by atoms with Crippen LogP contribution in [0.4, 0.5) is 8.78 Å². The predicted molar refractivity (Wildman–Crippen MR) is 73.2 cm³/mol. The molecule has 0 unspecified atom stereocenters. The van der Waals surface area contributed by atoms with Gasteiger partial charge in [0.15, 0.2) is 11.6 Å². The van der Waals surface area contributed by atoms with Crippen LogP contribution in [0.5, 0.6) is 0 Å². The average Bonchev–Trinajstić information content (AvgIpc) is 2.18. The lowest BCUT2D eigenvalue weighted by atomic mass is 9.75. The van der Waals surface area contributed by atoms with Crippen molar-refractivity contribution < 1.29 is 8.78 Å². The van der Waals surface area contributed by atoms with Gasteiger partial charge in [-0.3, -0.25) is 0 Å². The van der Waals surface area contributed by atoms with Gasteiger partial charge in [0.2, 0.25) is 0 Å². The fourth-order valence-corrected chi connectivity index (χ4v) is 2.50. The molecule has 2 heteroatoms. The summed E-state index contributed by atoms with van der Waals surface area (Å²) in [6, 6.07) is 1.37. The molecule has 0 aromatic heterocycles. The van der Waals surface area contributed by atoms with Crippen LogP contribution in [0.2, 0.25) is 0 Å². The van der Waals surface area contributed by atoms with E-state index >= 15 is 0 Å². The van der Waals surface area contributed by atoms with Gasteiger partial charge in [-0.2, -0.15) is 0 Å². The molecule has 0 saturated heterocycles. The Bertz CT molecular complexity index is 437. The highest BCUT2D eigenvalue weighted by molar-refractivity contribution is 5.44. The first-order valence-corrected chi connectivity index (χ1v) is 6.59. The van der Waals surface area contributed by atoms with E-state index in [1.807, 2.05) is 27.7 Å². The SMILES string of the molecule is CC(C)c1cc(F)c(F)c(C(C)C)c1C(C)(C)C. The quantitative estimate of drug-likeness (QED) is 0.653. The average molecular weight is 254 g/mol. The molecule has 0 atom stereocenters. The zero-order valence-corrected chi connectivity index (χ0v) is 12.5. The molecular weight excluding hydrogens is 230 g/mol. The first-order chi connectivity index (χ1) is 8.07. The molecule has 1 aromatic carbocycles. The Balaban J connectivity index is 3.76. The molecule has 0 radical (unpaired) electrons. The summed E-state index contributed by atoms with van der Waals surface area (Å²) in [5.41, 5.74) is 2.23. The van der Waals surface area contributed by atoms with Gasteiger partial charge in [-0.15, -0.1) is 0 Å². The third-order valence-corrected chi connectivity index (χ3v) is 3.24.